The minimum atomic E-state index is -3.45. The number of hydrogen-bond acceptors (Lipinski definition) is 4. The summed E-state index contributed by atoms with van der Waals surface area (Å²) in [6.45, 7) is 2.17. The molecular formula is C10H19NO5S. The van der Waals surface area contributed by atoms with Crippen LogP contribution in [-0.4, -0.2) is 55.9 Å². The summed E-state index contributed by atoms with van der Waals surface area (Å²) < 4.78 is 30.3. The Morgan fingerprint density at radius 2 is 2.24 bits per heavy atom. The minimum Gasteiger partial charge on any atom is -0.481 e. The smallest absolute Gasteiger partial charge is 0.307 e. The molecule has 17 heavy (non-hydrogen) atoms. The molecule has 7 heteroatoms. The first-order chi connectivity index (χ1) is 7.89. The van der Waals surface area contributed by atoms with Gasteiger partial charge in [-0.25, -0.2) is 12.7 Å². The molecule has 1 fully saturated rings. The van der Waals surface area contributed by atoms with Crippen LogP contribution in [-0.2, 0) is 19.6 Å². The van der Waals surface area contributed by atoms with Crippen molar-refractivity contribution < 1.29 is 23.1 Å². The van der Waals surface area contributed by atoms with E-state index in [1.807, 2.05) is 0 Å². The molecule has 1 aliphatic heterocycles. The summed E-state index contributed by atoms with van der Waals surface area (Å²) >= 11 is 0. The SMILES string of the molecule is COCC(C)S(=O)(=O)N1CCC[C@@H](C(=O)O)C1. The average molecular weight is 265 g/mol. The van der Waals surface area contributed by atoms with Crippen LogP contribution >= 0.6 is 0 Å². The van der Waals surface area contributed by atoms with E-state index in [0.717, 1.165) is 0 Å². The van der Waals surface area contributed by atoms with Gasteiger partial charge in [0.05, 0.1) is 17.8 Å². The summed E-state index contributed by atoms with van der Waals surface area (Å²) in [6, 6.07) is 0. The molecule has 0 aromatic heterocycles. The first kappa shape index (κ1) is 14.4. The first-order valence-electron chi connectivity index (χ1n) is 5.60. The van der Waals surface area contributed by atoms with Crippen molar-refractivity contribution in [3.05, 3.63) is 0 Å². The van der Waals surface area contributed by atoms with Gasteiger partial charge in [0.2, 0.25) is 10.0 Å². The summed E-state index contributed by atoms with van der Waals surface area (Å²) in [5, 5.41) is 8.28. The molecule has 100 valence electrons. The Hall–Kier alpha value is -0.660. The molecule has 0 saturated carbocycles. The number of hydrogen-bond donors (Lipinski definition) is 1. The van der Waals surface area contributed by atoms with Crippen LogP contribution in [0.5, 0.6) is 0 Å². The lowest BCUT2D eigenvalue weighted by atomic mass is 10.0. The molecule has 0 aromatic rings. The second kappa shape index (κ2) is 5.79. The van der Waals surface area contributed by atoms with E-state index in [1.165, 1.54) is 11.4 Å². The van der Waals surface area contributed by atoms with Crippen molar-refractivity contribution >= 4 is 16.0 Å². The number of carboxylic acids is 1. The van der Waals surface area contributed by atoms with Gasteiger partial charge in [-0.15, -0.1) is 0 Å². The van der Waals surface area contributed by atoms with E-state index >= 15 is 0 Å². The number of aliphatic carboxylic acids is 1. The highest BCUT2D eigenvalue weighted by Crippen LogP contribution is 2.21. The molecule has 0 aliphatic carbocycles. The molecule has 1 N–H and O–H groups in total. The van der Waals surface area contributed by atoms with Crippen molar-refractivity contribution in [1.82, 2.24) is 4.31 Å². The van der Waals surface area contributed by atoms with Crippen LogP contribution in [0.15, 0.2) is 0 Å². The Morgan fingerprint density at radius 3 is 2.76 bits per heavy atom. The maximum absolute atomic E-state index is 12.1. The topological polar surface area (TPSA) is 83.9 Å². The van der Waals surface area contributed by atoms with Gasteiger partial charge in [0, 0.05) is 20.2 Å². The molecule has 0 radical (unpaired) electrons. The zero-order valence-electron chi connectivity index (χ0n) is 10.1. The van der Waals surface area contributed by atoms with Gasteiger partial charge in [-0.05, 0) is 19.8 Å². The predicted octanol–water partition coefficient (Wildman–Crippen LogP) is 0.148. The molecule has 2 atom stereocenters. The monoisotopic (exact) mass is 265 g/mol. The van der Waals surface area contributed by atoms with E-state index in [1.54, 1.807) is 6.92 Å². The molecule has 1 heterocycles. The molecule has 1 aliphatic rings. The summed E-state index contributed by atoms with van der Waals surface area (Å²) in [4.78, 5) is 10.9. The van der Waals surface area contributed by atoms with Crippen LogP contribution in [0.25, 0.3) is 0 Å². The second-order valence-electron chi connectivity index (χ2n) is 4.35. The highest BCUT2D eigenvalue weighted by molar-refractivity contribution is 7.89. The highest BCUT2D eigenvalue weighted by atomic mass is 32.2. The largest absolute Gasteiger partial charge is 0.481 e. The van der Waals surface area contributed by atoms with Gasteiger partial charge in [-0.3, -0.25) is 4.79 Å². The number of ether oxygens (including phenoxy) is 1. The Labute approximate surface area is 102 Å². The molecule has 1 unspecified atom stereocenters. The summed E-state index contributed by atoms with van der Waals surface area (Å²) in [7, 11) is -2.00. The van der Waals surface area contributed by atoms with Gasteiger partial charge in [0.25, 0.3) is 0 Å². The molecule has 0 spiro atoms. The fourth-order valence-corrected chi connectivity index (χ4v) is 3.54. The normalized spacial score (nSPS) is 24.5. The van der Waals surface area contributed by atoms with E-state index < -0.39 is 27.2 Å². The number of carbonyl (C=O) groups is 1. The number of methoxy groups -OCH3 is 1. The quantitative estimate of drug-likeness (QED) is 0.765. The number of carboxylic acid groups (broad SMARTS) is 1. The summed E-state index contributed by atoms with van der Waals surface area (Å²) in [5.41, 5.74) is 0. The molecule has 6 nitrogen and oxygen atoms in total. The zero-order valence-corrected chi connectivity index (χ0v) is 10.9. The maximum atomic E-state index is 12.1. The fourth-order valence-electron chi connectivity index (χ4n) is 1.95. The first-order valence-corrected chi connectivity index (χ1v) is 7.10. The standard InChI is InChI=1S/C10H19NO5S/c1-8(7-16-2)17(14,15)11-5-3-4-9(6-11)10(12)13/h8-9H,3-7H2,1-2H3,(H,12,13)/t8?,9-/m1/s1. The molecule has 1 saturated heterocycles. The Morgan fingerprint density at radius 1 is 1.59 bits per heavy atom. The Balaban J connectivity index is 2.74. The van der Waals surface area contributed by atoms with E-state index in [4.69, 9.17) is 9.84 Å². The number of nitrogens with zero attached hydrogens (tertiary/aromatic N) is 1. The van der Waals surface area contributed by atoms with Crippen molar-refractivity contribution in [3.63, 3.8) is 0 Å². The van der Waals surface area contributed by atoms with Crippen molar-refractivity contribution in [2.45, 2.75) is 25.0 Å². The third-order valence-electron chi connectivity index (χ3n) is 3.00. The van der Waals surface area contributed by atoms with Crippen LogP contribution in [0.4, 0.5) is 0 Å². The number of sulfonamides is 1. The van der Waals surface area contributed by atoms with Crippen LogP contribution in [0.3, 0.4) is 0 Å². The highest BCUT2D eigenvalue weighted by Gasteiger charge is 2.35. The molecule has 0 bridgehead atoms. The lowest BCUT2D eigenvalue weighted by molar-refractivity contribution is -0.142. The van der Waals surface area contributed by atoms with Gasteiger partial charge in [0.1, 0.15) is 0 Å². The van der Waals surface area contributed by atoms with Crippen molar-refractivity contribution in [3.8, 4) is 0 Å². The van der Waals surface area contributed by atoms with Crippen molar-refractivity contribution in [2.75, 3.05) is 26.8 Å². The lowest BCUT2D eigenvalue weighted by Gasteiger charge is -2.31. The van der Waals surface area contributed by atoms with E-state index in [9.17, 15) is 13.2 Å². The van der Waals surface area contributed by atoms with E-state index in [0.29, 0.717) is 19.4 Å². The van der Waals surface area contributed by atoms with Crippen LogP contribution in [0.2, 0.25) is 0 Å². The molecule has 0 aromatic carbocycles. The number of rotatable bonds is 5. The van der Waals surface area contributed by atoms with Crippen molar-refractivity contribution in [2.24, 2.45) is 5.92 Å². The third kappa shape index (κ3) is 3.40. The summed E-state index contributed by atoms with van der Waals surface area (Å²) in [5.74, 6) is -1.52. The van der Waals surface area contributed by atoms with E-state index in [2.05, 4.69) is 0 Å². The third-order valence-corrected chi connectivity index (χ3v) is 5.21. The van der Waals surface area contributed by atoms with Crippen molar-refractivity contribution in [1.29, 1.82) is 0 Å². The van der Waals surface area contributed by atoms with Gasteiger partial charge < -0.3 is 9.84 Å². The molecule has 0 amide bonds. The van der Waals surface area contributed by atoms with Gasteiger partial charge in [-0.1, -0.05) is 0 Å². The average Bonchev–Trinajstić information content (AvgIpc) is 2.29. The molecule has 1 rings (SSSR count). The fraction of sp³-hybridized carbons (Fsp3) is 0.900. The number of piperidine rings is 1. The van der Waals surface area contributed by atoms with E-state index in [-0.39, 0.29) is 13.2 Å². The van der Waals surface area contributed by atoms with Gasteiger partial charge in [0.15, 0.2) is 0 Å². The van der Waals surface area contributed by atoms with Crippen LogP contribution in [0, 0.1) is 5.92 Å². The zero-order chi connectivity index (χ0) is 13.1. The predicted molar refractivity (Wildman–Crippen MR) is 62.2 cm³/mol. The lowest BCUT2D eigenvalue weighted by Crippen LogP contribution is -2.46. The van der Waals surface area contributed by atoms with Crippen LogP contribution in [0.1, 0.15) is 19.8 Å². The second-order valence-corrected chi connectivity index (χ2v) is 6.70. The maximum Gasteiger partial charge on any atom is 0.307 e. The Kier molecular flexibility index (Phi) is 4.91. The molecular weight excluding hydrogens is 246 g/mol. The minimum absolute atomic E-state index is 0.0751. The van der Waals surface area contributed by atoms with Gasteiger partial charge >= 0.3 is 5.97 Å². The Bertz CT molecular complexity index is 367. The van der Waals surface area contributed by atoms with Crippen LogP contribution < -0.4 is 0 Å². The summed E-state index contributed by atoms with van der Waals surface area (Å²) in [6.07, 6.45) is 1.13. The van der Waals surface area contributed by atoms with Gasteiger partial charge in [-0.2, -0.15) is 0 Å².